The van der Waals surface area contributed by atoms with E-state index >= 15 is 0 Å². The van der Waals surface area contributed by atoms with Crippen molar-refractivity contribution in [3.63, 3.8) is 0 Å². The van der Waals surface area contributed by atoms with Crippen LogP contribution in [0.5, 0.6) is 23.0 Å². The zero-order valence-corrected chi connectivity index (χ0v) is 32.6. The van der Waals surface area contributed by atoms with Crippen molar-refractivity contribution in [1.29, 1.82) is 0 Å². The smallest absolute Gasteiger partial charge is 0.141 e. The number of nitrogens with zero attached hydrogens (tertiary/aromatic N) is 2. The molecule has 0 aliphatic carbocycles. The van der Waals surface area contributed by atoms with Crippen LogP contribution in [-0.2, 0) is 19.2 Å². The molecule has 0 amide bonds. The molecule has 0 saturated carbocycles. The largest absolute Gasteiger partial charge is 0.543 e. The minimum Gasteiger partial charge on any atom is -0.543 e. The Hall–Kier alpha value is -5.06. The fraction of sp³-hybridized carbons (Fsp3) is 0.300. The van der Waals surface area contributed by atoms with Crippen LogP contribution in [0.1, 0.15) is 47.3 Å². The fourth-order valence-electron chi connectivity index (χ4n) is 5.23. The molecule has 2 aliphatic rings. The minimum atomic E-state index is -2.19. The first-order valence-corrected chi connectivity index (χ1v) is 18.7. The lowest BCUT2D eigenvalue weighted by Gasteiger charge is -2.17. The van der Waals surface area contributed by atoms with E-state index < -0.39 is 23.9 Å². The SMILES string of the molecule is CN(C)CCCC1Sc2ccccc2Oc2ccccc21.CN(C)CCCC1Sc2ccccc2Oc2ccccc21.O.O=C([O-])C(=O)[O-].O=C([O-])C(=O)[O-]. The Morgan fingerprint density at radius 1 is 0.509 bits per heavy atom. The number of ether oxygens (including phenoxy) is 2. The van der Waals surface area contributed by atoms with Gasteiger partial charge in [-0.1, -0.05) is 60.7 Å². The van der Waals surface area contributed by atoms with Gasteiger partial charge >= 0.3 is 0 Å². The third-order valence-electron chi connectivity index (χ3n) is 7.69. The number of carbonyl (C=O) groups is 4. The van der Waals surface area contributed by atoms with Crippen LogP contribution in [0.3, 0.4) is 0 Å². The summed E-state index contributed by atoms with van der Waals surface area (Å²) in [6.45, 7) is 2.25. The van der Waals surface area contributed by atoms with Crippen molar-refractivity contribution in [2.75, 3.05) is 41.3 Å². The zero-order chi connectivity index (χ0) is 39.6. The number of benzene rings is 4. The predicted octanol–water partition coefficient (Wildman–Crippen LogP) is 2.08. The summed E-state index contributed by atoms with van der Waals surface area (Å²) in [4.78, 5) is 42.7. The van der Waals surface area contributed by atoms with Crippen molar-refractivity contribution in [3.8, 4) is 23.0 Å². The van der Waals surface area contributed by atoms with Crippen molar-refractivity contribution in [3.05, 3.63) is 108 Å². The molecule has 0 fully saturated rings. The molecule has 0 aromatic heterocycles. The van der Waals surface area contributed by atoms with Gasteiger partial charge in [-0.3, -0.25) is 0 Å². The lowest BCUT2D eigenvalue weighted by molar-refractivity contribution is -0.345. The Labute approximate surface area is 329 Å². The molecule has 0 bridgehead atoms. The number of thioether (sulfide) groups is 2. The summed E-state index contributed by atoms with van der Waals surface area (Å²) in [5.74, 6) is -4.78. The van der Waals surface area contributed by atoms with Crippen LogP contribution >= 0.6 is 23.5 Å². The Morgan fingerprint density at radius 2 is 0.800 bits per heavy atom. The van der Waals surface area contributed by atoms with Crippen LogP contribution in [0, 0.1) is 0 Å². The number of para-hydroxylation sites is 4. The molecule has 0 spiro atoms. The van der Waals surface area contributed by atoms with Crippen molar-refractivity contribution in [2.45, 2.75) is 46.0 Å². The van der Waals surface area contributed by atoms with Gasteiger partial charge in [0.15, 0.2) is 0 Å². The molecule has 4 aromatic carbocycles. The molecule has 2 N–H and O–H groups in total. The summed E-state index contributed by atoms with van der Waals surface area (Å²) < 4.78 is 12.3. The Kier molecular flexibility index (Phi) is 19.8. The molecule has 4 aromatic rings. The molecule has 55 heavy (non-hydrogen) atoms. The number of fused-ring (bicyclic) bond motifs is 4. The van der Waals surface area contributed by atoms with Gasteiger partial charge < -0.3 is 64.4 Å². The summed E-state index contributed by atoms with van der Waals surface area (Å²) >= 11 is 3.86. The first-order valence-electron chi connectivity index (χ1n) is 17.0. The van der Waals surface area contributed by atoms with Crippen LogP contribution in [0.15, 0.2) is 107 Å². The van der Waals surface area contributed by atoms with E-state index in [1.165, 1.54) is 33.8 Å². The minimum absolute atomic E-state index is 0. The molecular weight excluding hydrogens is 749 g/mol. The Morgan fingerprint density at radius 3 is 1.11 bits per heavy atom. The van der Waals surface area contributed by atoms with Gasteiger partial charge in [0, 0.05) is 21.6 Å². The average molecular weight is 793 g/mol. The molecule has 2 unspecified atom stereocenters. The zero-order valence-electron chi connectivity index (χ0n) is 30.9. The highest BCUT2D eigenvalue weighted by Gasteiger charge is 2.24. The van der Waals surface area contributed by atoms with E-state index in [0.29, 0.717) is 10.5 Å². The lowest BCUT2D eigenvalue weighted by Crippen LogP contribution is -2.42. The molecule has 2 aliphatic heterocycles. The lowest BCUT2D eigenvalue weighted by atomic mass is 10.1. The summed E-state index contributed by atoms with van der Waals surface area (Å²) in [7, 11) is 8.53. The highest BCUT2D eigenvalue weighted by atomic mass is 32.2. The topological polar surface area (TPSA) is 217 Å². The molecule has 13 nitrogen and oxygen atoms in total. The fourth-order valence-corrected chi connectivity index (χ4v) is 7.82. The molecule has 0 saturated heterocycles. The quantitative estimate of drug-likeness (QED) is 0.234. The van der Waals surface area contributed by atoms with Crippen LogP contribution in [-0.4, -0.2) is 80.4 Å². The van der Waals surface area contributed by atoms with Crippen molar-refractivity contribution in [1.82, 2.24) is 9.80 Å². The van der Waals surface area contributed by atoms with Crippen molar-refractivity contribution < 1.29 is 54.6 Å². The number of hydrogen-bond acceptors (Lipinski definition) is 14. The van der Waals surface area contributed by atoms with E-state index in [4.69, 9.17) is 49.1 Å². The van der Waals surface area contributed by atoms with E-state index in [0.717, 1.165) is 48.9 Å². The standard InChI is InChI=1S/2C18H21NOS.2C2H2O4.H2O/c2*1-19(2)13-7-12-17-14-8-3-4-9-15(14)20-16-10-5-6-11-18(16)21-17;2*3-1(4)2(5)6;/h2*3-6,8-11,17H,7,12-13H2,1-2H3;2*(H,3,4)(H,5,6);1H2/p-4. The van der Waals surface area contributed by atoms with E-state index in [2.05, 4.69) is 111 Å². The molecule has 2 heterocycles. The highest BCUT2D eigenvalue weighted by Crippen LogP contribution is 2.51. The van der Waals surface area contributed by atoms with Crippen LogP contribution < -0.4 is 29.9 Å². The number of carboxylic acids is 4. The van der Waals surface area contributed by atoms with Gasteiger partial charge in [0.05, 0.1) is 33.7 Å². The Bertz CT molecular complexity index is 1700. The highest BCUT2D eigenvalue weighted by molar-refractivity contribution is 8.00. The number of aliphatic carboxylic acids is 4. The second-order valence-corrected chi connectivity index (χ2v) is 14.9. The van der Waals surface area contributed by atoms with Gasteiger partial charge in [-0.15, -0.1) is 23.5 Å². The third kappa shape index (κ3) is 15.7. The van der Waals surface area contributed by atoms with E-state index in [1.54, 1.807) is 0 Å². The molecule has 6 rings (SSSR count). The van der Waals surface area contributed by atoms with Gasteiger partial charge in [-0.05, 0) is 103 Å². The van der Waals surface area contributed by atoms with Gasteiger partial charge in [0.25, 0.3) is 0 Å². The molecule has 2 atom stereocenters. The second kappa shape index (κ2) is 23.7. The predicted molar refractivity (Wildman–Crippen MR) is 202 cm³/mol. The third-order valence-corrected chi connectivity index (χ3v) is 10.4. The van der Waals surface area contributed by atoms with Crippen LogP contribution in [0.25, 0.3) is 0 Å². The first-order chi connectivity index (χ1) is 25.8. The number of hydrogen-bond donors (Lipinski definition) is 0. The van der Waals surface area contributed by atoms with Gasteiger partial charge in [-0.25, -0.2) is 0 Å². The molecule has 296 valence electrons. The maximum atomic E-state index is 8.93. The summed E-state index contributed by atoms with van der Waals surface area (Å²) in [5, 5.41) is 36.6. The van der Waals surface area contributed by atoms with Crippen LogP contribution in [0.2, 0.25) is 0 Å². The van der Waals surface area contributed by atoms with Crippen molar-refractivity contribution in [2.24, 2.45) is 0 Å². The summed E-state index contributed by atoms with van der Waals surface area (Å²) in [6.07, 6.45) is 4.72. The number of carbonyl (C=O) groups excluding carboxylic acids is 4. The number of carboxylic acid groups (broad SMARTS) is 4. The van der Waals surface area contributed by atoms with Crippen LogP contribution in [0.4, 0.5) is 0 Å². The molecule has 0 radical (unpaired) electrons. The monoisotopic (exact) mass is 792 g/mol. The van der Waals surface area contributed by atoms with E-state index in [1.807, 2.05) is 47.8 Å². The van der Waals surface area contributed by atoms with Gasteiger partial charge in [0.2, 0.25) is 0 Å². The molecule has 15 heteroatoms. The second-order valence-electron chi connectivity index (χ2n) is 12.4. The van der Waals surface area contributed by atoms with Crippen molar-refractivity contribution >= 4 is 47.4 Å². The maximum Gasteiger partial charge on any atom is 0.141 e. The molecular formula is C40H44N2O11S2-4. The van der Waals surface area contributed by atoms with E-state index in [-0.39, 0.29) is 5.48 Å². The summed E-state index contributed by atoms with van der Waals surface area (Å²) in [6, 6.07) is 33.6. The maximum absolute atomic E-state index is 8.93. The van der Waals surface area contributed by atoms with E-state index in [9.17, 15) is 0 Å². The average Bonchev–Trinajstić information content (AvgIpc) is 3.39. The normalized spacial score (nSPS) is 14.4. The summed E-state index contributed by atoms with van der Waals surface area (Å²) in [5.41, 5.74) is 2.63. The van der Waals surface area contributed by atoms with Gasteiger partial charge in [0.1, 0.15) is 23.0 Å². The Balaban J connectivity index is 0.000000291. The van der Waals surface area contributed by atoms with Gasteiger partial charge in [-0.2, -0.15) is 0 Å². The first kappa shape index (κ1) is 46.1. The number of rotatable bonds is 8.